The molecule has 1 amide bonds. The Bertz CT molecular complexity index is 299. The van der Waals surface area contributed by atoms with Crippen LogP contribution in [0.1, 0.15) is 13.3 Å². The second-order valence-corrected chi connectivity index (χ2v) is 4.88. The lowest BCUT2D eigenvalue weighted by atomic mass is 10.2. The number of rotatable bonds is 9. The maximum absolute atomic E-state index is 11.7. The highest BCUT2D eigenvalue weighted by molar-refractivity contribution is 7.99. The van der Waals surface area contributed by atoms with Crippen molar-refractivity contribution < 1.29 is 32.6 Å². The Morgan fingerprint density at radius 2 is 2.00 bits per heavy atom. The number of halogens is 3. The first kappa shape index (κ1) is 18.0. The van der Waals surface area contributed by atoms with E-state index in [0.717, 1.165) is 0 Å². The van der Waals surface area contributed by atoms with Crippen molar-refractivity contribution in [1.82, 2.24) is 5.32 Å². The summed E-state index contributed by atoms with van der Waals surface area (Å²) in [6, 6.07) is -0.971. The Morgan fingerprint density at radius 1 is 1.37 bits per heavy atom. The zero-order chi connectivity index (χ0) is 14.9. The van der Waals surface area contributed by atoms with Gasteiger partial charge in [-0.15, -0.1) is 0 Å². The van der Waals surface area contributed by atoms with Crippen LogP contribution >= 0.6 is 11.8 Å². The van der Waals surface area contributed by atoms with Gasteiger partial charge in [0.25, 0.3) is 0 Å². The fraction of sp³-hybridized carbons (Fsp3) is 0.800. The number of carboxylic acids is 1. The predicted molar refractivity (Wildman–Crippen MR) is 64.1 cm³/mol. The average molecular weight is 303 g/mol. The van der Waals surface area contributed by atoms with E-state index in [0.29, 0.717) is 11.5 Å². The quantitative estimate of drug-likeness (QED) is 0.628. The Labute approximate surface area is 112 Å². The van der Waals surface area contributed by atoms with Gasteiger partial charge in [0.15, 0.2) is 0 Å². The number of thioether (sulfide) groups is 1. The zero-order valence-corrected chi connectivity index (χ0v) is 11.1. The third kappa shape index (κ3) is 11.8. The van der Waals surface area contributed by atoms with Crippen molar-refractivity contribution in [1.29, 1.82) is 0 Å². The molecule has 112 valence electrons. The van der Waals surface area contributed by atoms with Crippen molar-refractivity contribution in [2.24, 2.45) is 0 Å². The van der Waals surface area contributed by atoms with Crippen LogP contribution in [-0.4, -0.2) is 53.9 Å². The fourth-order valence-electron chi connectivity index (χ4n) is 1.11. The number of ether oxygens (including phenoxy) is 1. The minimum Gasteiger partial charge on any atom is -0.480 e. The average Bonchev–Trinajstić information content (AvgIpc) is 2.23. The smallest absolute Gasteiger partial charge is 0.411 e. The van der Waals surface area contributed by atoms with E-state index in [1.807, 2.05) is 0 Å². The molecular formula is C10H16F3NO4S. The molecule has 0 heterocycles. The van der Waals surface area contributed by atoms with Crippen LogP contribution in [0.4, 0.5) is 13.2 Å². The van der Waals surface area contributed by atoms with Gasteiger partial charge >= 0.3 is 12.1 Å². The molecule has 0 radical (unpaired) electrons. The number of hydrogen-bond acceptors (Lipinski definition) is 4. The third-order valence-corrected chi connectivity index (χ3v) is 2.84. The highest BCUT2D eigenvalue weighted by Gasteiger charge is 2.27. The normalized spacial score (nSPS) is 13.1. The Morgan fingerprint density at radius 3 is 2.47 bits per heavy atom. The summed E-state index contributed by atoms with van der Waals surface area (Å²) < 4.78 is 39.5. The van der Waals surface area contributed by atoms with Crippen LogP contribution < -0.4 is 5.32 Å². The van der Waals surface area contributed by atoms with Crippen LogP contribution in [0.5, 0.6) is 0 Å². The maximum Gasteiger partial charge on any atom is 0.411 e. The van der Waals surface area contributed by atoms with Crippen LogP contribution in [-0.2, 0) is 14.3 Å². The lowest BCUT2D eigenvalue weighted by Crippen LogP contribution is -2.39. The van der Waals surface area contributed by atoms with Gasteiger partial charge in [0.2, 0.25) is 5.91 Å². The van der Waals surface area contributed by atoms with Crippen molar-refractivity contribution in [2.75, 3.05) is 24.7 Å². The fourth-order valence-corrected chi connectivity index (χ4v) is 1.95. The Hall–Kier alpha value is -0.960. The summed E-state index contributed by atoms with van der Waals surface area (Å²) in [4.78, 5) is 21.5. The molecule has 0 aliphatic carbocycles. The first-order chi connectivity index (χ1) is 8.72. The first-order valence-corrected chi connectivity index (χ1v) is 6.60. The summed E-state index contributed by atoms with van der Waals surface area (Å²) in [5, 5.41) is 11.0. The summed E-state index contributed by atoms with van der Waals surface area (Å²) in [6.45, 7) is -0.118. The second kappa shape index (κ2) is 9.03. The van der Waals surface area contributed by atoms with E-state index in [2.05, 4.69) is 10.1 Å². The highest BCUT2D eigenvalue weighted by Crippen LogP contribution is 2.14. The monoisotopic (exact) mass is 303 g/mol. The van der Waals surface area contributed by atoms with E-state index in [9.17, 15) is 22.8 Å². The van der Waals surface area contributed by atoms with Gasteiger partial charge in [0.1, 0.15) is 12.6 Å². The van der Waals surface area contributed by atoms with E-state index in [1.165, 1.54) is 18.7 Å². The number of alkyl halides is 3. The predicted octanol–water partition coefficient (Wildman–Crippen LogP) is 1.28. The largest absolute Gasteiger partial charge is 0.480 e. The van der Waals surface area contributed by atoms with E-state index in [-0.39, 0.29) is 13.0 Å². The van der Waals surface area contributed by atoms with Gasteiger partial charge < -0.3 is 15.2 Å². The van der Waals surface area contributed by atoms with Crippen LogP contribution in [0.3, 0.4) is 0 Å². The molecule has 0 spiro atoms. The van der Waals surface area contributed by atoms with Gasteiger partial charge in [-0.3, -0.25) is 4.79 Å². The number of amides is 1. The Kier molecular flexibility index (Phi) is 8.57. The first-order valence-electron chi connectivity index (χ1n) is 5.44. The van der Waals surface area contributed by atoms with Gasteiger partial charge in [0.05, 0.1) is 6.61 Å². The van der Waals surface area contributed by atoms with E-state index < -0.39 is 30.7 Å². The number of hydrogen-bond donors (Lipinski definition) is 2. The van der Waals surface area contributed by atoms with Crippen LogP contribution in [0.25, 0.3) is 0 Å². The molecule has 0 aliphatic rings. The van der Waals surface area contributed by atoms with Gasteiger partial charge in [-0.05, 0) is 12.2 Å². The molecular weight excluding hydrogens is 287 g/mol. The van der Waals surface area contributed by atoms with Gasteiger partial charge in [0, 0.05) is 12.7 Å². The SMILES string of the molecule is CC(=O)NC(CCSCCOCC(F)(F)F)C(=O)O. The van der Waals surface area contributed by atoms with E-state index >= 15 is 0 Å². The number of carbonyl (C=O) groups is 2. The molecule has 19 heavy (non-hydrogen) atoms. The van der Waals surface area contributed by atoms with Crippen LogP contribution in [0, 0.1) is 0 Å². The van der Waals surface area contributed by atoms with Crippen molar-refractivity contribution in [3.63, 3.8) is 0 Å². The molecule has 0 fully saturated rings. The Balaban J connectivity index is 3.61. The van der Waals surface area contributed by atoms with Gasteiger partial charge in [-0.1, -0.05) is 0 Å². The molecule has 0 aromatic heterocycles. The molecule has 0 aliphatic heterocycles. The molecule has 2 N–H and O–H groups in total. The molecule has 0 aromatic carbocycles. The summed E-state index contributed by atoms with van der Waals surface area (Å²) in [6.07, 6.45) is -4.12. The van der Waals surface area contributed by atoms with Crippen molar-refractivity contribution in [3.05, 3.63) is 0 Å². The number of aliphatic carboxylic acids is 1. The lowest BCUT2D eigenvalue weighted by Gasteiger charge is -2.12. The minimum absolute atomic E-state index is 0.0535. The molecule has 5 nitrogen and oxygen atoms in total. The molecule has 0 saturated carbocycles. The molecule has 1 unspecified atom stereocenters. The summed E-state index contributed by atoms with van der Waals surface area (Å²) in [5.41, 5.74) is 0. The van der Waals surface area contributed by atoms with E-state index in [1.54, 1.807) is 0 Å². The van der Waals surface area contributed by atoms with Crippen molar-refractivity contribution >= 4 is 23.6 Å². The molecule has 0 rings (SSSR count). The summed E-state index contributed by atoms with van der Waals surface area (Å²) in [5.74, 6) is -0.829. The van der Waals surface area contributed by atoms with Gasteiger partial charge in [-0.25, -0.2) is 4.79 Å². The van der Waals surface area contributed by atoms with Crippen LogP contribution in [0.2, 0.25) is 0 Å². The molecule has 0 bridgehead atoms. The minimum atomic E-state index is -4.33. The number of nitrogens with one attached hydrogen (secondary N) is 1. The molecule has 0 aromatic rings. The van der Waals surface area contributed by atoms with Crippen molar-refractivity contribution in [3.8, 4) is 0 Å². The number of carbonyl (C=O) groups excluding carboxylic acids is 1. The molecule has 0 saturated heterocycles. The summed E-state index contributed by atoms with van der Waals surface area (Å²) in [7, 11) is 0. The van der Waals surface area contributed by atoms with Crippen LogP contribution in [0.15, 0.2) is 0 Å². The van der Waals surface area contributed by atoms with Crippen molar-refractivity contribution in [2.45, 2.75) is 25.6 Å². The topological polar surface area (TPSA) is 75.6 Å². The second-order valence-electron chi connectivity index (χ2n) is 3.66. The van der Waals surface area contributed by atoms with E-state index in [4.69, 9.17) is 5.11 Å². The summed E-state index contributed by atoms with van der Waals surface area (Å²) >= 11 is 1.27. The zero-order valence-electron chi connectivity index (χ0n) is 10.3. The standard InChI is InChI=1S/C10H16F3NO4S/c1-7(15)14-8(9(16)17)2-4-19-5-3-18-6-10(11,12)13/h8H,2-6H2,1H3,(H,14,15)(H,16,17). The molecule has 9 heteroatoms. The number of carboxylic acid groups (broad SMARTS) is 1. The maximum atomic E-state index is 11.7. The third-order valence-electron chi connectivity index (χ3n) is 1.86. The lowest BCUT2D eigenvalue weighted by molar-refractivity contribution is -0.172. The molecule has 1 atom stereocenters. The highest BCUT2D eigenvalue weighted by atomic mass is 32.2. The van der Waals surface area contributed by atoms with Gasteiger partial charge in [-0.2, -0.15) is 24.9 Å².